The van der Waals surface area contributed by atoms with Crippen LogP contribution in [0.5, 0.6) is 0 Å². The molecule has 1 rings (SSSR count). The van der Waals surface area contributed by atoms with Gasteiger partial charge in [-0.25, -0.2) is 8.78 Å². The van der Waals surface area contributed by atoms with E-state index in [1.807, 2.05) is 0 Å². The molecule has 0 aliphatic heterocycles. The Morgan fingerprint density at radius 2 is 1.89 bits per heavy atom. The molecule has 1 aromatic rings. The largest absolute Gasteiger partial charge is 0.396 e. The van der Waals surface area contributed by atoms with E-state index in [-0.39, 0.29) is 12.0 Å². The molecule has 0 radical (unpaired) electrons. The third kappa shape index (κ3) is 4.55. The van der Waals surface area contributed by atoms with Crippen molar-refractivity contribution in [3.8, 4) is 0 Å². The quantitative estimate of drug-likeness (QED) is 0.760. The highest BCUT2D eigenvalue weighted by atomic mass is 19.1. The molecule has 0 saturated carbocycles. The van der Waals surface area contributed by atoms with Crippen LogP contribution in [0, 0.1) is 17.0 Å². The van der Waals surface area contributed by atoms with E-state index in [9.17, 15) is 8.78 Å². The number of nitrogens with one attached hydrogen (secondary N) is 1. The summed E-state index contributed by atoms with van der Waals surface area (Å²) in [5.74, 6) is -1.08. The van der Waals surface area contributed by atoms with Crippen LogP contribution in [0.25, 0.3) is 0 Å². The average molecular weight is 271 g/mol. The zero-order chi connectivity index (χ0) is 14.3. The van der Waals surface area contributed by atoms with Crippen LogP contribution in [0.3, 0.4) is 0 Å². The third-order valence-corrected chi connectivity index (χ3v) is 3.97. The standard InChI is InChI=1S/C15H23F2NO/c1-3-15(4-2,7-8-19)11-18-10-12-5-6-13(16)9-14(12)17/h5-6,9,18-19H,3-4,7-8,10-11H2,1-2H3. The Balaban J connectivity index is 2.56. The van der Waals surface area contributed by atoms with Crippen LogP contribution in [-0.4, -0.2) is 18.3 Å². The van der Waals surface area contributed by atoms with E-state index in [0.29, 0.717) is 12.1 Å². The van der Waals surface area contributed by atoms with E-state index in [0.717, 1.165) is 31.9 Å². The van der Waals surface area contributed by atoms with Gasteiger partial charge in [0.15, 0.2) is 0 Å². The molecule has 1 aromatic carbocycles. The molecule has 0 fully saturated rings. The van der Waals surface area contributed by atoms with Gasteiger partial charge in [-0.15, -0.1) is 0 Å². The van der Waals surface area contributed by atoms with Crippen molar-refractivity contribution in [2.75, 3.05) is 13.2 Å². The number of aliphatic hydroxyl groups is 1. The van der Waals surface area contributed by atoms with Gasteiger partial charge in [-0.05, 0) is 30.7 Å². The van der Waals surface area contributed by atoms with E-state index in [1.165, 1.54) is 12.1 Å². The topological polar surface area (TPSA) is 32.3 Å². The summed E-state index contributed by atoms with van der Waals surface area (Å²) < 4.78 is 26.2. The Hall–Kier alpha value is -1.00. The second kappa shape index (κ2) is 7.56. The maximum absolute atomic E-state index is 13.5. The fraction of sp³-hybridized carbons (Fsp3) is 0.600. The molecule has 19 heavy (non-hydrogen) atoms. The van der Waals surface area contributed by atoms with Gasteiger partial charge in [-0.1, -0.05) is 19.9 Å². The first-order valence-corrected chi connectivity index (χ1v) is 6.82. The molecule has 0 unspecified atom stereocenters. The Morgan fingerprint density at radius 1 is 1.21 bits per heavy atom. The Labute approximate surface area is 113 Å². The van der Waals surface area contributed by atoms with Crippen molar-refractivity contribution < 1.29 is 13.9 Å². The van der Waals surface area contributed by atoms with Crippen molar-refractivity contribution in [3.63, 3.8) is 0 Å². The molecule has 0 bridgehead atoms. The average Bonchev–Trinajstić information content (AvgIpc) is 2.40. The van der Waals surface area contributed by atoms with Gasteiger partial charge in [0.05, 0.1) is 0 Å². The van der Waals surface area contributed by atoms with Crippen molar-refractivity contribution in [2.24, 2.45) is 5.41 Å². The van der Waals surface area contributed by atoms with Crippen molar-refractivity contribution in [2.45, 2.75) is 39.7 Å². The highest BCUT2D eigenvalue weighted by Gasteiger charge is 2.24. The van der Waals surface area contributed by atoms with Crippen molar-refractivity contribution >= 4 is 0 Å². The van der Waals surface area contributed by atoms with Gasteiger partial charge in [0, 0.05) is 31.3 Å². The first-order valence-electron chi connectivity index (χ1n) is 6.82. The Kier molecular flexibility index (Phi) is 6.38. The zero-order valence-corrected chi connectivity index (χ0v) is 11.7. The predicted molar refractivity (Wildman–Crippen MR) is 72.8 cm³/mol. The van der Waals surface area contributed by atoms with Crippen LogP contribution < -0.4 is 5.32 Å². The maximum atomic E-state index is 13.5. The number of hydrogen-bond acceptors (Lipinski definition) is 2. The fourth-order valence-corrected chi connectivity index (χ4v) is 2.31. The van der Waals surface area contributed by atoms with Gasteiger partial charge in [-0.2, -0.15) is 0 Å². The van der Waals surface area contributed by atoms with E-state index in [1.54, 1.807) is 0 Å². The zero-order valence-electron chi connectivity index (χ0n) is 11.7. The van der Waals surface area contributed by atoms with Crippen LogP contribution in [0.15, 0.2) is 18.2 Å². The fourth-order valence-electron chi connectivity index (χ4n) is 2.31. The van der Waals surface area contributed by atoms with Gasteiger partial charge >= 0.3 is 0 Å². The minimum absolute atomic E-state index is 0.0469. The summed E-state index contributed by atoms with van der Waals surface area (Å²) in [5, 5.41) is 12.3. The van der Waals surface area contributed by atoms with Gasteiger partial charge < -0.3 is 10.4 Å². The molecule has 0 aliphatic carbocycles. The lowest BCUT2D eigenvalue weighted by Crippen LogP contribution is -2.34. The van der Waals surface area contributed by atoms with Crippen LogP contribution in [0.1, 0.15) is 38.7 Å². The maximum Gasteiger partial charge on any atom is 0.130 e. The van der Waals surface area contributed by atoms with Crippen LogP contribution >= 0.6 is 0 Å². The second-order valence-corrected chi connectivity index (χ2v) is 5.02. The van der Waals surface area contributed by atoms with E-state index in [2.05, 4.69) is 19.2 Å². The number of rotatable bonds is 8. The number of halogens is 2. The lowest BCUT2D eigenvalue weighted by atomic mass is 9.79. The van der Waals surface area contributed by atoms with Crippen molar-refractivity contribution in [3.05, 3.63) is 35.4 Å². The highest BCUT2D eigenvalue weighted by Crippen LogP contribution is 2.29. The van der Waals surface area contributed by atoms with Crippen LogP contribution in [0.2, 0.25) is 0 Å². The van der Waals surface area contributed by atoms with E-state index in [4.69, 9.17) is 5.11 Å². The molecule has 0 aromatic heterocycles. The summed E-state index contributed by atoms with van der Waals surface area (Å²) in [6.07, 6.45) is 2.66. The summed E-state index contributed by atoms with van der Waals surface area (Å²) in [4.78, 5) is 0. The third-order valence-electron chi connectivity index (χ3n) is 3.97. The minimum atomic E-state index is -0.557. The summed E-state index contributed by atoms with van der Waals surface area (Å²) in [6, 6.07) is 3.63. The van der Waals surface area contributed by atoms with E-state index >= 15 is 0 Å². The predicted octanol–water partition coefficient (Wildman–Crippen LogP) is 3.24. The van der Waals surface area contributed by atoms with Gasteiger partial charge in [0.25, 0.3) is 0 Å². The Bertz CT molecular complexity index is 392. The highest BCUT2D eigenvalue weighted by molar-refractivity contribution is 5.18. The summed E-state index contributed by atoms with van der Waals surface area (Å²) in [5.41, 5.74) is 0.511. The molecule has 0 saturated heterocycles. The summed E-state index contributed by atoms with van der Waals surface area (Å²) in [7, 11) is 0. The lowest BCUT2D eigenvalue weighted by Gasteiger charge is -2.31. The molecule has 108 valence electrons. The lowest BCUT2D eigenvalue weighted by molar-refractivity contribution is 0.163. The molecule has 0 spiro atoms. The summed E-state index contributed by atoms with van der Waals surface area (Å²) >= 11 is 0. The van der Waals surface area contributed by atoms with Crippen LogP contribution in [0.4, 0.5) is 8.78 Å². The molecular weight excluding hydrogens is 248 g/mol. The first-order chi connectivity index (χ1) is 9.06. The molecule has 0 aliphatic rings. The Morgan fingerprint density at radius 3 is 2.42 bits per heavy atom. The summed E-state index contributed by atoms with van der Waals surface area (Å²) in [6.45, 7) is 5.45. The SMILES string of the molecule is CCC(CC)(CCO)CNCc1ccc(F)cc1F. The molecule has 0 heterocycles. The smallest absolute Gasteiger partial charge is 0.130 e. The minimum Gasteiger partial charge on any atom is -0.396 e. The van der Waals surface area contributed by atoms with Crippen molar-refractivity contribution in [1.82, 2.24) is 5.32 Å². The monoisotopic (exact) mass is 271 g/mol. The second-order valence-electron chi connectivity index (χ2n) is 5.02. The van der Waals surface area contributed by atoms with Crippen LogP contribution in [-0.2, 0) is 6.54 Å². The number of aliphatic hydroxyl groups excluding tert-OH is 1. The molecule has 2 N–H and O–H groups in total. The number of benzene rings is 1. The molecule has 0 atom stereocenters. The van der Waals surface area contributed by atoms with Gasteiger partial charge in [0.2, 0.25) is 0 Å². The first kappa shape index (κ1) is 16.1. The number of hydrogen-bond donors (Lipinski definition) is 2. The van der Waals surface area contributed by atoms with Gasteiger partial charge in [0.1, 0.15) is 11.6 Å². The van der Waals surface area contributed by atoms with Crippen molar-refractivity contribution in [1.29, 1.82) is 0 Å². The van der Waals surface area contributed by atoms with Gasteiger partial charge in [-0.3, -0.25) is 0 Å². The normalized spacial score (nSPS) is 11.8. The molecular formula is C15H23F2NO. The van der Waals surface area contributed by atoms with E-state index < -0.39 is 11.6 Å². The molecule has 4 heteroatoms. The molecule has 2 nitrogen and oxygen atoms in total. The molecule has 0 amide bonds.